The van der Waals surface area contributed by atoms with Gasteiger partial charge in [0.2, 0.25) is 0 Å². The lowest BCUT2D eigenvalue weighted by Crippen LogP contribution is -2.63. The van der Waals surface area contributed by atoms with E-state index < -0.39 is 39.5 Å². The lowest BCUT2D eigenvalue weighted by molar-refractivity contribution is -0.382. The van der Waals surface area contributed by atoms with Crippen LogP contribution in [0.1, 0.15) is 6.42 Å². The van der Waals surface area contributed by atoms with Crippen LogP contribution in [0, 0.1) is 0 Å². The topological polar surface area (TPSA) is 92.7 Å². The molecule has 0 aliphatic carbocycles. The van der Waals surface area contributed by atoms with Crippen molar-refractivity contribution in [3.05, 3.63) is 42.5 Å². The minimum Gasteiger partial charge on any atom is -0.743 e. The first-order valence-electron chi connectivity index (χ1n) is 9.83. The van der Waals surface area contributed by atoms with Crippen LogP contribution >= 0.6 is 0 Å². The third-order valence-electron chi connectivity index (χ3n) is 4.99. The number of halogens is 9. The van der Waals surface area contributed by atoms with Gasteiger partial charge in [0.05, 0.1) is 7.11 Å². The Bertz CT molecular complexity index is 1210. The average molecular weight is 588 g/mol. The van der Waals surface area contributed by atoms with Crippen molar-refractivity contribution in [3.8, 4) is 0 Å². The Hall–Kier alpha value is -2.40. The molecule has 17 heteroatoms. The summed E-state index contributed by atoms with van der Waals surface area (Å²) in [6.07, 6.45) is -6.82. The first-order chi connectivity index (χ1) is 16.8. The Morgan fingerprint density at radius 2 is 1.51 bits per heavy atom. The van der Waals surface area contributed by atoms with E-state index in [2.05, 4.69) is 47.2 Å². The largest absolute Gasteiger partial charge is 0.743 e. The van der Waals surface area contributed by atoms with Crippen LogP contribution in [0.2, 0.25) is 0 Å². The lowest BCUT2D eigenvalue weighted by Gasteiger charge is -2.34. The van der Waals surface area contributed by atoms with Crippen molar-refractivity contribution < 1.29 is 66.8 Å². The Kier molecular flexibility index (Phi) is 8.97. The number of methoxy groups -OCH3 is 1. The fraction of sp³-hybridized carbons (Fsp3) is 0.450. The van der Waals surface area contributed by atoms with Gasteiger partial charge in [0.15, 0.2) is 26.9 Å². The predicted octanol–water partition coefficient (Wildman–Crippen LogP) is 5.33. The van der Waals surface area contributed by atoms with Crippen molar-refractivity contribution in [2.75, 3.05) is 18.6 Å². The van der Waals surface area contributed by atoms with E-state index >= 15 is 0 Å². The van der Waals surface area contributed by atoms with E-state index in [1.54, 1.807) is 0 Å². The van der Waals surface area contributed by atoms with Crippen LogP contribution in [0.4, 0.5) is 44.3 Å². The first-order valence-corrected chi connectivity index (χ1v) is 12.8. The molecular weight excluding hydrogens is 571 g/mol. The molecule has 208 valence electrons. The van der Waals surface area contributed by atoms with Crippen LogP contribution in [0.3, 0.4) is 0 Å². The minimum absolute atomic E-state index is 0.00949. The van der Waals surface area contributed by atoms with E-state index in [0.717, 1.165) is 17.9 Å². The van der Waals surface area contributed by atoms with Crippen molar-refractivity contribution in [1.82, 2.24) is 0 Å². The number of rotatable bonds is 5. The van der Waals surface area contributed by atoms with Gasteiger partial charge in [0.1, 0.15) is 5.75 Å². The molecule has 6 nitrogen and oxygen atoms in total. The summed E-state index contributed by atoms with van der Waals surface area (Å²) in [6.45, 7) is 0. The van der Waals surface area contributed by atoms with Crippen molar-refractivity contribution in [1.29, 1.82) is 0 Å². The molecule has 0 saturated carbocycles. The molecule has 2 aromatic rings. The molecule has 0 radical (unpaired) electrons. The van der Waals surface area contributed by atoms with Gasteiger partial charge in [-0.05, 0) is 17.5 Å². The van der Waals surface area contributed by atoms with Gasteiger partial charge in [-0.25, -0.2) is 13.2 Å². The quantitative estimate of drug-likeness (QED) is 0.203. The molecule has 0 N–H and O–H groups in total. The molecule has 37 heavy (non-hydrogen) atoms. The van der Waals surface area contributed by atoms with Crippen LogP contribution < -0.4 is 0 Å². The van der Waals surface area contributed by atoms with Gasteiger partial charge in [-0.15, -0.1) is 0 Å². The highest BCUT2D eigenvalue weighted by molar-refractivity contribution is 7.97. The molecule has 1 aliphatic heterocycles. The molecule has 2 unspecified atom stereocenters. The summed E-state index contributed by atoms with van der Waals surface area (Å²) >= 11 is 0. The molecule has 0 aromatic heterocycles. The maximum atomic E-state index is 12.2. The molecule has 1 aliphatic rings. The zero-order chi connectivity index (χ0) is 28.4. The summed E-state index contributed by atoms with van der Waals surface area (Å²) in [4.78, 5) is 12.6. The summed E-state index contributed by atoms with van der Waals surface area (Å²) in [5.74, 6) is -12.8. The van der Waals surface area contributed by atoms with Crippen LogP contribution in [-0.2, 0) is 30.5 Å². The number of fused-ring (bicyclic) bond motifs is 1. The Balaban J connectivity index is 0.000000265. The van der Waals surface area contributed by atoms with Crippen LogP contribution in [0.25, 0.3) is 10.8 Å². The summed E-state index contributed by atoms with van der Waals surface area (Å²) in [5, 5.41) is -4.52. The second-order valence-electron chi connectivity index (χ2n) is 7.44. The third kappa shape index (κ3) is 6.19. The highest BCUT2D eigenvalue weighted by Gasteiger charge is 2.83. The Morgan fingerprint density at radius 3 is 2.05 bits per heavy atom. The number of hydrogen-bond donors (Lipinski definition) is 0. The number of ether oxygens (including phenoxy) is 2. The van der Waals surface area contributed by atoms with E-state index in [1.165, 1.54) is 22.8 Å². The zero-order valence-corrected chi connectivity index (χ0v) is 20.0. The summed E-state index contributed by atoms with van der Waals surface area (Å²) in [6, 6.07) is 14.9. The van der Waals surface area contributed by atoms with Gasteiger partial charge >= 0.3 is 29.4 Å². The highest BCUT2D eigenvalue weighted by Crippen LogP contribution is 2.54. The first kappa shape index (κ1) is 30.8. The summed E-state index contributed by atoms with van der Waals surface area (Å²) < 4.78 is 145. The average Bonchev–Trinajstić information content (AvgIpc) is 3.25. The van der Waals surface area contributed by atoms with E-state index in [4.69, 9.17) is 4.74 Å². The van der Waals surface area contributed by atoms with Gasteiger partial charge in [0.25, 0.3) is 0 Å². The van der Waals surface area contributed by atoms with Crippen LogP contribution in [0.15, 0.2) is 47.4 Å². The van der Waals surface area contributed by atoms with E-state index in [-0.39, 0.29) is 17.0 Å². The standard InChI is InChI=1S/C16H17O3S.C4HF9O3S/c1-18-16(17)19-13-9-10-20(11-13)15-8-4-6-12-5-2-3-7-14(12)15;5-1(6,3(9,10)11)2(7,8)4(12,13)17(14,15)16/h2-8,13H,9-11H2,1H3;(H,14,15,16)/q+1;/p-1. The molecule has 0 amide bonds. The fourth-order valence-electron chi connectivity index (χ4n) is 3.11. The monoisotopic (exact) mass is 588 g/mol. The molecular formula is C20H17F9O6S2. The molecule has 1 fully saturated rings. The fourth-order valence-corrected chi connectivity index (χ4v) is 6.11. The maximum absolute atomic E-state index is 12.2. The molecule has 0 bridgehead atoms. The van der Waals surface area contributed by atoms with Gasteiger partial charge in [0, 0.05) is 22.7 Å². The van der Waals surface area contributed by atoms with Gasteiger partial charge in [-0.3, -0.25) is 0 Å². The Labute approximate surface area is 206 Å². The lowest BCUT2D eigenvalue weighted by atomic mass is 10.1. The second-order valence-corrected chi connectivity index (χ2v) is 11.0. The van der Waals surface area contributed by atoms with Crippen molar-refractivity contribution in [2.24, 2.45) is 0 Å². The molecule has 0 spiro atoms. The van der Waals surface area contributed by atoms with Crippen molar-refractivity contribution in [2.45, 2.75) is 40.7 Å². The molecule has 2 atom stereocenters. The van der Waals surface area contributed by atoms with E-state index in [9.17, 15) is 57.3 Å². The number of carbonyl (C=O) groups is 1. The van der Waals surface area contributed by atoms with Crippen LogP contribution in [-0.4, -0.2) is 67.1 Å². The van der Waals surface area contributed by atoms with E-state index in [1.807, 2.05) is 0 Å². The summed E-state index contributed by atoms with van der Waals surface area (Å²) in [7, 11) is -5.91. The van der Waals surface area contributed by atoms with Crippen LogP contribution in [0.5, 0.6) is 0 Å². The molecule has 1 saturated heterocycles. The minimum atomic E-state index is -7.43. The number of benzene rings is 2. The number of carbonyl (C=O) groups excluding carboxylic acids is 1. The molecule has 3 rings (SSSR count). The van der Waals surface area contributed by atoms with E-state index in [0.29, 0.717) is 0 Å². The molecule has 2 aromatic carbocycles. The third-order valence-corrected chi connectivity index (χ3v) is 8.36. The number of alkyl halides is 9. The second kappa shape index (κ2) is 10.8. The van der Waals surface area contributed by atoms with Gasteiger partial charge < -0.3 is 14.0 Å². The highest BCUT2D eigenvalue weighted by atomic mass is 32.2. The smallest absolute Gasteiger partial charge is 0.508 e. The normalized spacial score (nSPS) is 19.2. The summed E-state index contributed by atoms with van der Waals surface area (Å²) in [5.41, 5.74) is 0. The SMILES string of the molecule is COC(=O)OC1CC[S+](c2cccc3ccccc23)C1.O=S(=O)([O-])C(F)(F)C(F)(F)C(F)(F)C(F)(F)F. The van der Waals surface area contributed by atoms with Gasteiger partial charge in [-0.1, -0.05) is 30.3 Å². The number of hydrogen-bond acceptors (Lipinski definition) is 6. The van der Waals surface area contributed by atoms with Crippen molar-refractivity contribution in [3.63, 3.8) is 0 Å². The predicted molar refractivity (Wildman–Crippen MR) is 112 cm³/mol. The zero-order valence-electron chi connectivity index (χ0n) is 18.4. The van der Waals surface area contributed by atoms with Gasteiger partial charge in [-0.2, -0.15) is 39.5 Å². The maximum Gasteiger partial charge on any atom is 0.508 e. The Morgan fingerprint density at radius 1 is 0.946 bits per heavy atom. The molecule has 1 heterocycles. The van der Waals surface area contributed by atoms with Crippen molar-refractivity contribution >= 4 is 37.9 Å².